The van der Waals surface area contributed by atoms with Crippen molar-refractivity contribution < 1.29 is 4.74 Å². The van der Waals surface area contributed by atoms with E-state index in [0.717, 1.165) is 12.2 Å². The maximum atomic E-state index is 5.92. The molecule has 1 atom stereocenters. The molecule has 1 N–H and O–H groups in total. The summed E-state index contributed by atoms with van der Waals surface area (Å²) in [6.45, 7) is 7.08. The number of likely N-dealkylation sites (N-methyl/N-ethyl adjacent to an activating group) is 1. The van der Waals surface area contributed by atoms with Crippen LogP contribution in [0.4, 0.5) is 0 Å². The third kappa shape index (κ3) is 4.08. The quantitative estimate of drug-likeness (QED) is 0.857. The fourth-order valence-corrected chi connectivity index (χ4v) is 2.33. The van der Waals surface area contributed by atoms with Crippen LogP contribution < -0.4 is 10.1 Å². The Labute approximate surface area is 128 Å². The zero-order valence-electron chi connectivity index (χ0n) is 13.4. The summed E-state index contributed by atoms with van der Waals surface area (Å²) in [5.74, 6) is 0.927. The molecular formula is C19H25NO. The molecule has 0 bridgehead atoms. The Morgan fingerprint density at radius 2 is 1.71 bits per heavy atom. The van der Waals surface area contributed by atoms with Gasteiger partial charge >= 0.3 is 0 Å². The van der Waals surface area contributed by atoms with Crippen molar-refractivity contribution in [2.75, 3.05) is 13.7 Å². The molecule has 0 spiro atoms. The van der Waals surface area contributed by atoms with Crippen LogP contribution in [0.1, 0.15) is 35.2 Å². The summed E-state index contributed by atoms with van der Waals surface area (Å²) in [6, 6.07) is 15.1. The van der Waals surface area contributed by atoms with E-state index in [1.807, 2.05) is 19.2 Å². The van der Waals surface area contributed by atoms with Crippen LogP contribution in [0, 0.1) is 13.8 Å². The first-order chi connectivity index (χ1) is 10.1. The highest BCUT2D eigenvalue weighted by Crippen LogP contribution is 2.19. The first-order valence-electron chi connectivity index (χ1n) is 7.60. The van der Waals surface area contributed by atoms with E-state index in [-0.39, 0.29) is 6.04 Å². The normalized spacial score (nSPS) is 12.2. The third-order valence-corrected chi connectivity index (χ3v) is 4.03. The van der Waals surface area contributed by atoms with Crippen molar-refractivity contribution in [2.24, 2.45) is 0 Å². The van der Waals surface area contributed by atoms with E-state index in [0.29, 0.717) is 6.61 Å². The van der Waals surface area contributed by atoms with Crippen molar-refractivity contribution >= 4 is 0 Å². The van der Waals surface area contributed by atoms with Crippen molar-refractivity contribution in [1.82, 2.24) is 5.32 Å². The summed E-state index contributed by atoms with van der Waals surface area (Å²) >= 11 is 0. The SMILES string of the molecule is CCc1ccc(OCC(NC)c2ccc(C)c(C)c2)cc1. The molecule has 0 heterocycles. The summed E-state index contributed by atoms with van der Waals surface area (Å²) < 4.78 is 5.92. The molecule has 0 radical (unpaired) electrons. The van der Waals surface area contributed by atoms with Gasteiger partial charge in [-0.15, -0.1) is 0 Å². The molecule has 2 aromatic rings. The summed E-state index contributed by atoms with van der Waals surface area (Å²) in [5.41, 5.74) is 5.25. The smallest absolute Gasteiger partial charge is 0.119 e. The number of nitrogens with one attached hydrogen (secondary N) is 1. The van der Waals surface area contributed by atoms with Crippen LogP contribution in [-0.4, -0.2) is 13.7 Å². The van der Waals surface area contributed by atoms with Gasteiger partial charge in [0.2, 0.25) is 0 Å². The average Bonchev–Trinajstić information content (AvgIpc) is 2.52. The van der Waals surface area contributed by atoms with Gasteiger partial charge in [0, 0.05) is 0 Å². The summed E-state index contributed by atoms with van der Waals surface area (Å²) in [6.07, 6.45) is 1.06. The van der Waals surface area contributed by atoms with Crippen molar-refractivity contribution in [3.05, 3.63) is 64.7 Å². The molecule has 0 aliphatic rings. The van der Waals surface area contributed by atoms with Crippen molar-refractivity contribution in [3.8, 4) is 5.75 Å². The van der Waals surface area contributed by atoms with Gasteiger partial charge in [-0.05, 0) is 61.7 Å². The molecule has 0 aliphatic carbocycles. The van der Waals surface area contributed by atoms with Gasteiger partial charge in [0.15, 0.2) is 0 Å². The van der Waals surface area contributed by atoms with E-state index in [1.54, 1.807) is 0 Å². The topological polar surface area (TPSA) is 21.3 Å². The summed E-state index contributed by atoms with van der Waals surface area (Å²) in [5, 5.41) is 3.33. The molecule has 0 saturated heterocycles. The second-order valence-electron chi connectivity index (χ2n) is 5.49. The van der Waals surface area contributed by atoms with Crippen molar-refractivity contribution in [1.29, 1.82) is 0 Å². The Hall–Kier alpha value is -1.80. The molecule has 21 heavy (non-hydrogen) atoms. The zero-order chi connectivity index (χ0) is 15.2. The molecule has 2 nitrogen and oxygen atoms in total. The second kappa shape index (κ2) is 7.28. The van der Waals surface area contributed by atoms with Gasteiger partial charge in [-0.3, -0.25) is 0 Å². The lowest BCUT2D eigenvalue weighted by Crippen LogP contribution is -2.23. The van der Waals surface area contributed by atoms with E-state index in [9.17, 15) is 0 Å². The molecule has 2 heteroatoms. The number of aryl methyl sites for hydroxylation is 3. The van der Waals surface area contributed by atoms with Gasteiger partial charge in [0.05, 0.1) is 6.04 Å². The van der Waals surface area contributed by atoms with Crippen LogP contribution in [0.25, 0.3) is 0 Å². The highest BCUT2D eigenvalue weighted by atomic mass is 16.5. The molecule has 0 aromatic heterocycles. The van der Waals surface area contributed by atoms with Crippen molar-refractivity contribution in [2.45, 2.75) is 33.2 Å². The summed E-state index contributed by atoms with van der Waals surface area (Å²) in [7, 11) is 1.98. The van der Waals surface area contributed by atoms with Gasteiger partial charge < -0.3 is 10.1 Å². The molecule has 1 unspecified atom stereocenters. The molecule has 112 valence electrons. The van der Waals surface area contributed by atoms with Crippen LogP contribution >= 0.6 is 0 Å². The lowest BCUT2D eigenvalue weighted by Gasteiger charge is -2.18. The molecule has 0 amide bonds. The van der Waals surface area contributed by atoms with Gasteiger partial charge in [0.25, 0.3) is 0 Å². The van der Waals surface area contributed by atoms with Crippen LogP contribution in [0.5, 0.6) is 5.75 Å². The van der Waals surface area contributed by atoms with Gasteiger partial charge in [-0.1, -0.05) is 37.3 Å². The maximum Gasteiger partial charge on any atom is 0.119 e. The maximum absolute atomic E-state index is 5.92. The Kier molecular flexibility index (Phi) is 5.40. The van der Waals surface area contributed by atoms with E-state index in [2.05, 4.69) is 56.4 Å². The largest absolute Gasteiger partial charge is 0.492 e. The minimum atomic E-state index is 0.204. The first-order valence-corrected chi connectivity index (χ1v) is 7.60. The second-order valence-corrected chi connectivity index (χ2v) is 5.49. The average molecular weight is 283 g/mol. The fourth-order valence-electron chi connectivity index (χ4n) is 2.33. The van der Waals surface area contributed by atoms with Gasteiger partial charge in [-0.25, -0.2) is 0 Å². The van der Waals surface area contributed by atoms with E-state index in [1.165, 1.54) is 22.3 Å². The van der Waals surface area contributed by atoms with Gasteiger partial charge in [0.1, 0.15) is 12.4 Å². The minimum absolute atomic E-state index is 0.204. The first kappa shape index (κ1) is 15.6. The summed E-state index contributed by atoms with van der Waals surface area (Å²) in [4.78, 5) is 0. The Morgan fingerprint density at radius 1 is 1.00 bits per heavy atom. The number of hydrogen-bond donors (Lipinski definition) is 1. The predicted molar refractivity (Wildman–Crippen MR) is 89.0 cm³/mol. The van der Waals surface area contributed by atoms with E-state index in [4.69, 9.17) is 4.74 Å². The Balaban J connectivity index is 2.02. The van der Waals surface area contributed by atoms with Crippen LogP contribution in [0.15, 0.2) is 42.5 Å². The predicted octanol–water partition coefficient (Wildman–Crippen LogP) is 4.21. The zero-order valence-corrected chi connectivity index (χ0v) is 13.4. The molecule has 0 aliphatic heterocycles. The lowest BCUT2D eigenvalue weighted by atomic mass is 10.0. The number of benzene rings is 2. The molecule has 0 saturated carbocycles. The van der Waals surface area contributed by atoms with Crippen LogP contribution in [0.2, 0.25) is 0 Å². The van der Waals surface area contributed by atoms with Crippen LogP contribution in [-0.2, 0) is 6.42 Å². The highest BCUT2D eigenvalue weighted by Gasteiger charge is 2.11. The lowest BCUT2D eigenvalue weighted by molar-refractivity contribution is 0.273. The van der Waals surface area contributed by atoms with E-state index >= 15 is 0 Å². The molecule has 2 rings (SSSR count). The van der Waals surface area contributed by atoms with Gasteiger partial charge in [-0.2, -0.15) is 0 Å². The standard InChI is InChI=1S/C19H25NO/c1-5-16-7-10-18(11-8-16)21-13-19(20-4)17-9-6-14(2)15(3)12-17/h6-12,19-20H,5,13H2,1-4H3. The monoisotopic (exact) mass is 283 g/mol. The Bertz CT molecular complexity index is 575. The number of ether oxygens (including phenoxy) is 1. The minimum Gasteiger partial charge on any atom is -0.492 e. The van der Waals surface area contributed by atoms with Crippen LogP contribution in [0.3, 0.4) is 0 Å². The molecular weight excluding hydrogens is 258 g/mol. The fraction of sp³-hybridized carbons (Fsp3) is 0.368. The number of hydrogen-bond acceptors (Lipinski definition) is 2. The Morgan fingerprint density at radius 3 is 2.29 bits per heavy atom. The highest BCUT2D eigenvalue weighted by molar-refractivity contribution is 5.32. The molecule has 2 aromatic carbocycles. The number of rotatable bonds is 6. The molecule has 0 fully saturated rings. The van der Waals surface area contributed by atoms with E-state index < -0.39 is 0 Å². The van der Waals surface area contributed by atoms with Crippen molar-refractivity contribution in [3.63, 3.8) is 0 Å². The third-order valence-electron chi connectivity index (χ3n) is 4.03.